The highest BCUT2D eigenvalue weighted by Gasteiger charge is 2.30. The Kier molecular flexibility index (Phi) is 8.38. The van der Waals surface area contributed by atoms with Gasteiger partial charge in [-0.2, -0.15) is 8.78 Å². The molecule has 0 bridgehead atoms. The fourth-order valence-electron chi connectivity index (χ4n) is 5.33. The van der Waals surface area contributed by atoms with Crippen molar-refractivity contribution in [2.45, 2.75) is 71.1 Å². The van der Waals surface area contributed by atoms with Crippen LogP contribution in [0.3, 0.4) is 0 Å². The molecule has 0 saturated heterocycles. The Morgan fingerprint density at radius 3 is 2.10 bits per heavy atom. The zero-order valence-corrected chi connectivity index (χ0v) is 18.0. The highest BCUT2D eigenvalue weighted by Crippen LogP contribution is 2.42. The third kappa shape index (κ3) is 5.96. The molecule has 2 aliphatic carbocycles. The van der Waals surface area contributed by atoms with Crippen molar-refractivity contribution in [2.24, 2.45) is 23.7 Å². The molecular weight excluding hydrogens is 370 g/mol. The van der Waals surface area contributed by atoms with Gasteiger partial charge in [0.05, 0.1) is 7.11 Å². The van der Waals surface area contributed by atoms with E-state index in [-0.39, 0.29) is 18.1 Å². The number of ether oxygens (including phenoxy) is 2. The van der Waals surface area contributed by atoms with Gasteiger partial charge >= 0.3 is 0 Å². The minimum atomic E-state index is -1.00. The first-order chi connectivity index (χ1) is 14.1. The van der Waals surface area contributed by atoms with E-state index < -0.39 is 11.6 Å². The average Bonchev–Trinajstić information content (AvgIpc) is 2.75. The molecule has 0 spiro atoms. The monoisotopic (exact) mass is 406 g/mol. The van der Waals surface area contributed by atoms with Crippen LogP contribution < -0.4 is 9.47 Å². The van der Waals surface area contributed by atoms with E-state index in [0.29, 0.717) is 5.92 Å². The summed E-state index contributed by atoms with van der Waals surface area (Å²) in [7, 11) is 1.31. The van der Waals surface area contributed by atoms with Crippen molar-refractivity contribution in [1.82, 2.24) is 0 Å². The molecule has 0 amide bonds. The molecule has 0 heterocycles. The molecule has 0 unspecified atom stereocenters. The van der Waals surface area contributed by atoms with Crippen LogP contribution >= 0.6 is 0 Å². The van der Waals surface area contributed by atoms with Crippen LogP contribution in [0.4, 0.5) is 8.78 Å². The summed E-state index contributed by atoms with van der Waals surface area (Å²) in [6.07, 6.45) is 17.8. The molecule has 4 heteroatoms. The molecule has 162 valence electrons. The van der Waals surface area contributed by atoms with Gasteiger partial charge in [-0.05, 0) is 74.3 Å². The predicted molar refractivity (Wildman–Crippen MR) is 113 cm³/mol. The maximum atomic E-state index is 13.9. The van der Waals surface area contributed by atoms with Crippen LogP contribution in [-0.2, 0) is 0 Å². The zero-order chi connectivity index (χ0) is 20.6. The summed E-state index contributed by atoms with van der Waals surface area (Å²) in [5, 5.41) is 0. The number of methoxy groups -OCH3 is 1. The lowest BCUT2D eigenvalue weighted by atomic mass is 9.69. The molecular formula is C25H36F2O2. The summed E-state index contributed by atoms with van der Waals surface area (Å²) in [4.78, 5) is 0. The van der Waals surface area contributed by atoms with Crippen molar-refractivity contribution in [1.29, 1.82) is 0 Å². The maximum absolute atomic E-state index is 13.9. The largest absolute Gasteiger partial charge is 0.494 e. The fraction of sp³-hybridized carbons (Fsp3) is 0.680. The SMILES string of the molecule is CCCC1CCC(C2CCC(C=CCOc3ccc(OC)c(F)c3F)CC2)CC1. The first kappa shape index (κ1) is 22.1. The topological polar surface area (TPSA) is 18.5 Å². The van der Waals surface area contributed by atoms with Crippen molar-refractivity contribution in [3.05, 3.63) is 35.9 Å². The maximum Gasteiger partial charge on any atom is 0.204 e. The Bertz CT molecular complexity index is 657. The molecule has 0 aromatic heterocycles. The van der Waals surface area contributed by atoms with Gasteiger partial charge in [-0.25, -0.2) is 0 Å². The van der Waals surface area contributed by atoms with Gasteiger partial charge in [-0.1, -0.05) is 44.8 Å². The van der Waals surface area contributed by atoms with Crippen LogP contribution in [-0.4, -0.2) is 13.7 Å². The standard InChI is InChI=1S/C25H36F2O2/c1-3-5-18-7-11-20(12-8-18)21-13-9-19(10-14-21)6-4-17-29-23-16-15-22(28-2)24(26)25(23)27/h4,6,15-16,18-21H,3,5,7-14,17H2,1-2H3. The number of rotatable bonds is 8. The quantitative estimate of drug-likeness (QED) is 0.421. The van der Waals surface area contributed by atoms with E-state index in [1.54, 1.807) is 0 Å². The second-order valence-electron chi connectivity index (χ2n) is 8.88. The second-order valence-corrected chi connectivity index (χ2v) is 8.88. The van der Waals surface area contributed by atoms with Gasteiger partial charge in [-0.15, -0.1) is 0 Å². The zero-order valence-electron chi connectivity index (χ0n) is 18.0. The van der Waals surface area contributed by atoms with Crippen molar-refractivity contribution < 1.29 is 18.3 Å². The fourth-order valence-corrected chi connectivity index (χ4v) is 5.33. The van der Waals surface area contributed by atoms with E-state index in [2.05, 4.69) is 13.0 Å². The van der Waals surface area contributed by atoms with Crippen LogP contribution in [0.5, 0.6) is 11.5 Å². The van der Waals surface area contributed by atoms with Gasteiger partial charge in [0.15, 0.2) is 11.5 Å². The van der Waals surface area contributed by atoms with E-state index in [0.717, 1.165) is 17.8 Å². The average molecular weight is 407 g/mol. The second kappa shape index (κ2) is 11.0. The molecule has 0 aliphatic heterocycles. The molecule has 0 N–H and O–H groups in total. The predicted octanol–water partition coefficient (Wildman–Crippen LogP) is 7.32. The van der Waals surface area contributed by atoms with E-state index in [4.69, 9.17) is 9.47 Å². The Morgan fingerprint density at radius 2 is 1.48 bits per heavy atom. The summed E-state index contributed by atoms with van der Waals surface area (Å²) < 4.78 is 37.8. The van der Waals surface area contributed by atoms with Crippen molar-refractivity contribution >= 4 is 0 Å². The highest BCUT2D eigenvalue weighted by atomic mass is 19.2. The number of benzene rings is 1. The van der Waals surface area contributed by atoms with Crippen LogP contribution in [0.1, 0.15) is 71.1 Å². The normalized spacial score (nSPS) is 27.9. The molecule has 29 heavy (non-hydrogen) atoms. The van der Waals surface area contributed by atoms with Crippen molar-refractivity contribution in [2.75, 3.05) is 13.7 Å². The summed E-state index contributed by atoms with van der Waals surface area (Å²) >= 11 is 0. The van der Waals surface area contributed by atoms with E-state index >= 15 is 0 Å². The van der Waals surface area contributed by atoms with Gasteiger partial charge in [0.1, 0.15) is 6.61 Å². The summed E-state index contributed by atoms with van der Waals surface area (Å²) in [5.74, 6) is 1.25. The molecule has 3 rings (SSSR count). The summed E-state index contributed by atoms with van der Waals surface area (Å²) in [5.41, 5.74) is 0. The Labute approximate surface area is 174 Å². The number of halogens is 2. The molecule has 0 radical (unpaired) electrons. The smallest absolute Gasteiger partial charge is 0.204 e. The first-order valence-electron chi connectivity index (χ1n) is 11.4. The molecule has 1 aromatic rings. The molecule has 2 aliphatic rings. The molecule has 2 nitrogen and oxygen atoms in total. The Hall–Kier alpha value is -1.58. The van der Waals surface area contributed by atoms with Crippen LogP contribution in [0.2, 0.25) is 0 Å². The Morgan fingerprint density at radius 1 is 0.897 bits per heavy atom. The van der Waals surface area contributed by atoms with Crippen molar-refractivity contribution in [3.8, 4) is 11.5 Å². The van der Waals surface area contributed by atoms with Crippen LogP contribution in [0, 0.1) is 35.3 Å². The molecule has 2 fully saturated rings. The van der Waals surface area contributed by atoms with E-state index in [1.165, 1.54) is 83.5 Å². The van der Waals surface area contributed by atoms with Gasteiger partial charge in [0.2, 0.25) is 11.6 Å². The summed E-state index contributed by atoms with van der Waals surface area (Å²) in [6.45, 7) is 2.56. The lowest BCUT2D eigenvalue weighted by molar-refractivity contribution is 0.152. The molecule has 2 saturated carbocycles. The van der Waals surface area contributed by atoms with Gasteiger partial charge < -0.3 is 9.47 Å². The van der Waals surface area contributed by atoms with E-state index in [9.17, 15) is 8.78 Å². The van der Waals surface area contributed by atoms with Gasteiger partial charge in [0.25, 0.3) is 0 Å². The minimum Gasteiger partial charge on any atom is -0.494 e. The lowest BCUT2D eigenvalue weighted by Crippen LogP contribution is -2.25. The van der Waals surface area contributed by atoms with Gasteiger partial charge in [0, 0.05) is 0 Å². The van der Waals surface area contributed by atoms with Gasteiger partial charge in [-0.3, -0.25) is 0 Å². The third-order valence-electron chi connectivity index (χ3n) is 7.05. The summed E-state index contributed by atoms with van der Waals surface area (Å²) in [6, 6.07) is 2.79. The highest BCUT2D eigenvalue weighted by molar-refractivity contribution is 5.35. The first-order valence-corrected chi connectivity index (χ1v) is 11.4. The number of hydrogen-bond donors (Lipinski definition) is 0. The van der Waals surface area contributed by atoms with Crippen LogP contribution in [0.25, 0.3) is 0 Å². The molecule has 0 atom stereocenters. The van der Waals surface area contributed by atoms with Crippen molar-refractivity contribution in [3.63, 3.8) is 0 Å². The molecule has 1 aromatic carbocycles. The third-order valence-corrected chi connectivity index (χ3v) is 7.05. The number of hydrogen-bond acceptors (Lipinski definition) is 2. The Balaban J connectivity index is 1.38. The minimum absolute atomic E-state index is 0.0738. The van der Waals surface area contributed by atoms with Crippen LogP contribution in [0.15, 0.2) is 24.3 Å². The number of allylic oxidation sites excluding steroid dienone is 1. The van der Waals surface area contributed by atoms with E-state index in [1.807, 2.05) is 6.08 Å². The lowest BCUT2D eigenvalue weighted by Gasteiger charge is -2.37.